The van der Waals surface area contributed by atoms with Crippen molar-refractivity contribution in [2.24, 2.45) is 29.1 Å². The molecule has 13 N–H and O–H groups in total. The molecule has 4 aliphatic rings. The number of hydrogen-bond donors (Lipinski definition) is 13. The van der Waals surface area contributed by atoms with Crippen LogP contribution in [0.2, 0.25) is 0 Å². The van der Waals surface area contributed by atoms with Gasteiger partial charge in [-0.1, -0.05) is 79.1 Å². The van der Waals surface area contributed by atoms with Gasteiger partial charge in [0, 0.05) is 146 Å². The third kappa shape index (κ3) is 42.5. The van der Waals surface area contributed by atoms with Crippen LogP contribution < -0.4 is 10.6 Å². The second-order valence-corrected chi connectivity index (χ2v) is 33.5. The number of phosphoric ester groups is 1. The highest BCUT2D eigenvalue weighted by Gasteiger charge is 2.45. The van der Waals surface area contributed by atoms with Crippen molar-refractivity contribution < 1.29 is 146 Å². The van der Waals surface area contributed by atoms with Gasteiger partial charge in [0.2, 0.25) is 17.7 Å². The zero-order valence-electron chi connectivity index (χ0n) is 68.9. The molecule has 3 amide bonds. The molecule has 0 saturated carbocycles. The molecular weight excluding hydrogens is 1530 g/mol. The number of Topliss-reactive ketones (excluding diaryl/α,β-unsaturated/α-hetero) is 5. The average Bonchev–Trinajstić information content (AvgIpc) is 1.85. The van der Waals surface area contributed by atoms with Crippen LogP contribution in [0.15, 0.2) is 0 Å². The normalized spacial score (nSPS) is 26.4. The summed E-state index contributed by atoms with van der Waals surface area (Å²) in [6.45, 7) is 7.11. The molecule has 0 aliphatic carbocycles. The number of amides is 3. The fraction of sp³-hybridized carbons (Fsp3) is 0.901. The molecule has 115 heavy (non-hydrogen) atoms. The molecule has 4 aliphatic heterocycles. The van der Waals surface area contributed by atoms with Crippen LogP contribution in [0.25, 0.3) is 0 Å². The van der Waals surface area contributed by atoms with E-state index in [9.17, 15) is 98.7 Å². The third-order valence-corrected chi connectivity index (χ3v) is 22.5. The fourth-order valence-electron chi connectivity index (χ4n) is 14.7. The number of rotatable bonds is 68. The van der Waals surface area contributed by atoms with Gasteiger partial charge in [-0.2, -0.15) is 0 Å². The standard InChI is InChI=1S/C81H144N3O30P/c1-56-46-60(52-111-115(102,103)104)84(48-56)71(95)34-18-10-8-6-5-7-9-13-32-65(92)47-81(53-105-43-35-63(90)28-16-11-14-26-61(88)30-19-22-40-108-78-57(2)72(96)75(99)66(49-85)112-78,54-106-44-36-64(91)29-17-12-15-27-62(89)31-20-23-41-109-79-58(3)73(97)76(100)67(50-86)113-79)55-107-45-37-70(94)83-39-25-38-82-69(93)33-21-24-42-110-80-59(4)74(98)77(101)68(51-87)114-80/h56-60,66-68,72-80,85-87,96-101H,5-55H2,1-4H3,(H,82,93)(H,83,94)(H2,102,103,104)/t56-,57?,58?,59?,60?,66?,67?,68?,72?,73?,74?,75?,76?,77?,78?,79?,80?,81?/m1/s1. The number of aliphatic hydroxyl groups is 9. The monoisotopic (exact) mass is 1670 g/mol. The van der Waals surface area contributed by atoms with Crippen molar-refractivity contribution in [3.05, 3.63) is 0 Å². The highest BCUT2D eigenvalue weighted by Crippen LogP contribution is 2.38. The Bertz CT molecular complexity index is 2570. The zero-order chi connectivity index (χ0) is 84.6. The number of carbonyl (C=O) groups is 8. The molecule has 33 nitrogen and oxygen atoms in total. The number of aliphatic hydroxyl groups excluding tert-OH is 9. The summed E-state index contributed by atoms with van der Waals surface area (Å²) in [4.78, 5) is 125. The van der Waals surface area contributed by atoms with E-state index in [2.05, 4.69) is 10.6 Å². The maximum atomic E-state index is 14.2. The summed E-state index contributed by atoms with van der Waals surface area (Å²) >= 11 is 0. The smallest absolute Gasteiger partial charge is 0.394 e. The number of hydrogen-bond acceptors (Lipinski definition) is 28. The first-order valence-electron chi connectivity index (χ1n) is 42.6. The van der Waals surface area contributed by atoms with Crippen LogP contribution >= 0.6 is 7.82 Å². The minimum atomic E-state index is -4.66. The van der Waals surface area contributed by atoms with Crippen LogP contribution in [0.3, 0.4) is 0 Å². The molecule has 4 fully saturated rings. The van der Waals surface area contributed by atoms with Crippen molar-refractivity contribution in [3.63, 3.8) is 0 Å². The van der Waals surface area contributed by atoms with Gasteiger partial charge in [-0.15, -0.1) is 0 Å². The van der Waals surface area contributed by atoms with E-state index in [0.717, 1.165) is 38.5 Å². The summed E-state index contributed by atoms with van der Waals surface area (Å²) in [6, 6.07) is -0.378. The molecule has 17 atom stereocenters. The van der Waals surface area contributed by atoms with E-state index in [1.54, 1.807) is 25.7 Å². The molecular formula is C81H144N3O30P. The van der Waals surface area contributed by atoms with E-state index >= 15 is 0 Å². The minimum absolute atomic E-state index is 0.0280. The minimum Gasteiger partial charge on any atom is -0.394 e. The van der Waals surface area contributed by atoms with Crippen LogP contribution in [0.4, 0.5) is 0 Å². The Labute approximate surface area is 679 Å². The summed E-state index contributed by atoms with van der Waals surface area (Å²) in [6.07, 6.45) is 5.18. The zero-order valence-corrected chi connectivity index (χ0v) is 69.8. The summed E-state index contributed by atoms with van der Waals surface area (Å²) in [5.41, 5.74) is -1.10. The lowest BCUT2D eigenvalue weighted by molar-refractivity contribution is -0.282. The molecule has 0 bridgehead atoms. The van der Waals surface area contributed by atoms with Gasteiger partial charge in [0.15, 0.2) is 18.9 Å². The number of carbonyl (C=O) groups excluding carboxylic acids is 8. The largest absolute Gasteiger partial charge is 0.469 e. The molecule has 4 saturated heterocycles. The lowest BCUT2D eigenvalue weighted by Crippen LogP contribution is -2.55. The molecule has 0 aromatic carbocycles. The Morgan fingerprint density at radius 1 is 0.400 bits per heavy atom. The van der Waals surface area contributed by atoms with E-state index in [1.807, 2.05) is 6.92 Å². The predicted molar refractivity (Wildman–Crippen MR) is 419 cm³/mol. The number of nitrogens with one attached hydrogen (secondary N) is 2. The molecule has 0 spiro atoms. The Morgan fingerprint density at radius 3 is 1.10 bits per heavy atom. The molecule has 16 unspecified atom stereocenters. The summed E-state index contributed by atoms with van der Waals surface area (Å²) in [7, 11) is -4.66. The quantitative estimate of drug-likeness (QED) is 0.0282. The van der Waals surface area contributed by atoms with Gasteiger partial charge in [0.25, 0.3) is 0 Å². The number of ketones is 5. The first-order chi connectivity index (χ1) is 55.0. The SMILES string of the molecule is CC1C(OCCCCC(=O)CCCCCC(=O)CCOCC(COCCC(=O)CCCCCC(=O)CCCCOC2OC(CO)C(O)C(O)C2C)(COCCC(=O)NCCCNC(=O)CCCCOC2OC(CO)C(O)C(O)C2C)CC(=O)CCCCCCCCCCC(=O)N2C[C@H](C)CC2COP(=O)(O)O)OC(CO)C(O)C1O. The third-order valence-electron chi connectivity index (χ3n) is 22.0. The van der Waals surface area contributed by atoms with Gasteiger partial charge in [-0.3, -0.25) is 42.9 Å². The average molecular weight is 1670 g/mol. The molecule has 4 rings (SSSR count). The predicted octanol–water partition coefficient (Wildman–Crippen LogP) is 4.99. The number of nitrogens with zero attached hydrogens (tertiary/aromatic N) is 1. The number of ether oxygens (including phenoxy) is 9. The first kappa shape index (κ1) is 103. The van der Waals surface area contributed by atoms with Crippen molar-refractivity contribution in [3.8, 4) is 0 Å². The van der Waals surface area contributed by atoms with E-state index in [4.69, 9.17) is 47.2 Å². The molecule has 668 valence electrons. The van der Waals surface area contributed by atoms with Crippen molar-refractivity contribution in [2.75, 3.05) is 106 Å². The number of likely N-dealkylation sites (tertiary alicyclic amines) is 1. The van der Waals surface area contributed by atoms with Crippen molar-refractivity contribution in [2.45, 2.75) is 332 Å². The van der Waals surface area contributed by atoms with Crippen molar-refractivity contribution in [1.29, 1.82) is 0 Å². The Kier molecular flexibility index (Phi) is 53.1. The Morgan fingerprint density at radius 2 is 0.722 bits per heavy atom. The lowest BCUT2D eigenvalue weighted by atomic mass is 9.83. The number of phosphoric acid groups is 1. The second-order valence-electron chi connectivity index (χ2n) is 32.3. The molecule has 34 heteroatoms. The van der Waals surface area contributed by atoms with E-state index in [0.29, 0.717) is 148 Å². The molecule has 0 aromatic rings. The van der Waals surface area contributed by atoms with Crippen LogP contribution in [0.1, 0.15) is 252 Å². The second kappa shape index (κ2) is 59.0. The van der Waals surface area contributed by atoms with Crippen LogP contribution in [0.5, 0.6) is 0 Å². The van der Waals surface area contributed by atoms with E-state index in [1.165, 1.54) is 0 Å². The van der Waals surface area contributed by atoms with Gasteiger partial charge in [-0.25, -0.2) is 4.57 Å². The Hall–Kier alpha value is -3.85. The molecule has 4 heterocycles. The fourth-order valence-corrected chi connectivity index (χ4v) is 15.1. The van der Waals surface area contributed by atoms with Gasteiger partial charge >= 0.3 is 7.82 Å². The topological polar surface area (TPSA) is 496 Å². The van der Waals surface area contributed by atoms with Crippen LogP contribution in [0, 0.1) is 29.1 Å². The Balaban J connectivity index is 1.28. The highest BCUT2D eigenvalue weighted by atomic mass is 31.2. The van der Waals surface area contributed by atoms with E-state index in [-0.39, 0.29) is 183 Å². The lowest BCUT2D eigenvalue weighted by Gasteiger charge is -2.40. The molecule has 0 aromatic heterocycles. The summed E-state index contributed by atoms with van der Waals surface area (Å²) < 4.78 is 68.9. The summed E-state index contributed by atoms with van der Waals surface area (Å²) in [5, 5.41) is 95.5. The number of unbranched alkanes of at least 4 members (excludes halogenated alkanes) is 14. The van der Waals surface area contributed by atoms with Crippen LogP contribution in [-0.4, -0.2) is 293 Å². The van der Waals surface area contributed by atoms with Gasteiger partial charge in [0.1, 0.15) is 65.5 Å². The van der Waals surface area contributed by atoms with Gasteiger partial charge in [0.05, 0.1) is 90.4 Å². The van der Waals surface area contributed by atoms with E-state index < -0.39 is 125 Å². The first-order valence-corrected chi connectivity index (χ1v) is 44.1. The maximum absolute atomic E-state index is 14.2. The van der Waals surface area contributed by atoms with Crippen molar-refractivity contribution >= 4 is 54.5 Å². The van der Waals surface area contributed by atoms with Crippen LogP contribution in [-0.2, 0) is 90.1 Å². The molecule has 0 radical (unpaired) electrons. The highest BCUT2D eigenvalue weighted by molar-refractivity contribution is 7.46. The summed E-state index contributed by atoms with van der Waals surface area (Å²) in [5.74, 6) is -1.88. The van der Waals surface area contributed by atoms with Crippen molar-refractivity contribution in [1.82, 2.24) is 15.5 Å². The maximum Gasteiger partial charge on any atom is 0.469 e. The van der Waals surface area contributed by atoms with Gasteiger partial charge < -0.3 is 114 Å². The van der Waals surface area contributed by atoms with Gasteiger partial charge in [-0.05, 0) is 95.8 Å².